The Kier molecular flexibility index (Phi) is 10.2. The molecular formula is C28H31F3O3. The second-order valence-corrected chi connectivity index (χ2v) is 7.93. The van der Waals surface area contributed by atoms with Crippen LogP contribution in [-0.2, 0) is 4.74 Å². The summed E-state index contributed by atoms with van der Waals surface area (Å²) in [6, 6.07) is 9.76. The molecule has 1 aliphatic carbocycles. The summed E-state index contributed by atoms with van der Waals surface area (Å²) in [5, 5.41) is 9.64. The molecule has 0 bridgehead atoms. The van der Waals surface area contributed by atoms with E-state index in [0.717, 1.165) is 0 Å². The lowest BCUT2D eigenvalue weighted by Gasteiger charge is -2.26. The number of aliphatic hydroxyl groups is 1. The van der Waals surface area contributed by atoms with Gasteiger partial charge in [0.1, 0.15) is 18.1 Å². The van der Waals surface area contributed by atoms with Gasteiger partial charge in [0.2, 0.25) is 0 Å². The van der Waals surface area contributed by atoms with E-state index in [4.69, 9.17) is 9.47 Å². The molecule has 0 atom stereocenters. The van der Waals surface area contributed by atoms with Crippen molar-refractivity contribution in [3.05, 3.63) is 103 Å². The van der Waals surface area contributed by atoms with Gasteiger partial charge in [0.25, 0.3) is 0 Å². The average Bonchev–Trinajstić information content (AvgIpc) is 2.86. The molecule has 0 amide bonds. The Balaban J connectivity index is 0.00000199. The second kappa shape index (κ2) is 12.8. The zero-order chi connectivity index (χ0) is 25.3. The summed E-state index contributed by atoms with van der Waals surface area (Å²) >= 11 is 0. The molecule has 0 spiro atoms. The van der Waals surface area contributed by atoms with Crippen LogP contribution >= 0.6 is 0 Å². The van der Waals surface area contributed by atoms with Crippen LogP contribution in [0.25, 0.3) is 11.1 Å². The number of benzene rings is 2. The molecule has 0 aliphatic heterocycles. The summed E-state index contributed by atoms with van der Waals surface area (Å²) in [6.07, 6.45) is 3.32. The maximum atomic E-state index is 14.8. The average molecular weight is 473 g/mol. The van der Waals surface area contributed by atoms with Crippen molar-refractivity contribution in [1.29, 1.82) is 0 Å². The molecule has 1 aliphatic rings. The van der Waals surface area contributed by atoms with Gasteiger partial charge >= 0.3 is 0 Å². The topological polar surface area (TPSA) is 38.7 Å². The largest absolute Gasteiger partial charge is 0.494 e. The van der Waals surface area contributed by atoms with Crippen LogP contribution < -0.4 is 4.74 Å². The second-order valence-electron chi connectivity index (χ2n) is 7.93. The summed E-state index contributed by atoms with van der Waals surface area (Å²) < 4.78 is 53.6. The van der Waals surface area contributed by atoms with Crippen LogP contribution in [0.3, 0.4) is 0 Å². The van der Waals surface area contributed by atoms with Crippen LogP contribution in [-0.4, -0.2) is 24.9 Å². The molecular weight excluding hydrogens is 441 g/mol. The molecule has 34 heavy (non-hydrogen) atoms. The van der Waals surface area contributed by atoms with E-state index in [1.165, 1.54) is 13.2 Å². The first-order valence-corrected chi connectivity index (χ1v) is 11.0. The number of aliphatic hydroxyl groups excluding tert-OH is 1. The molecule has 2 aromatic carbocycles. The van der Waals surface area contributed by atoms with Gasteiger partial charge in [-0.05, 0) is 66.5 Å². The Morgan fingerprint density at radius 2 is 1.62 bits per heavy atom. The van der Waals surface area contributed by atoms with E-state index in [1.807, 2.05) is 0 Å². The van der Waals surface area contributed by atoms with Gasteiger partial charge in [-0.15, -0.1) is 13.2 Å². The number of ether oxygens (including phenoxy) is 2. The quantitative estimate of drug-likeness (QED) is 0.247. The highest BCUT2D eigenvalue weighted by molar-refractivity contribution is 5.65. The Bertz CT molecular complexity index is 1020. The molecule has 0 unspecified atom stereocenters. The first-order valence-electron chi connectivity index (χ1n) is 11.0. The van der Waals surface area contributed by atoms with E-state index in [9.17, 15) is 18.3 Å². The Morgan fingerprint density at radius 3 is 2.21 bits per heavy atom. The maximum absolute atomic E-state index is 14.8. The molecule has 1 N–H and O–H groups in total. The fourth-order valence-corrected chi connectivity index (χ4v) is 3.80. The molecule has 3 rings (SSSR count). The number of rotatable bonds is 8. The molecule has 3 nitrogen and oxygen atoms in total. The van der Waals surface area contributed by atoms with Gasteiger partial charge in [0.15, 0.2) is 17.5 Å². The third-order valence-corrected chi connectivity index (χ3v) is 5.68. The van der Waals surface area contributed by atoms with Crippen LogP contribution in [0.5, 0.6) is 5.75 Å². The molecule has 2 aromatic rings. The number of allylic oxidation sites excluding steroid dienone is 1. The van der Waals surface area contributed by atoms with Crippen molar-refractivity contribution >= 4 is 0 Å². The first-order chi connectivity index (χ1) is 16.3. The molecule has 0 aromatic heterocycles. The number of hydrogen-bond donors (Lipinski definition) is 1. The van der Waals surface area contributed by atoms with E-state index in [1.54, 1.807) is 36.4 Å². The minimum Gasteiger partial charge on any atom is -0.494 e. The van der Waals surface area contributed by atoms with Crippen LogP contribution in [0, 0.1) is 11.6 Å². The van der Waals surface area contributed by atoms with E-state index in [-0.39, 0.29) is 30.0 Å². The summed E-state index contributed by atoms with van der Waals surface area (Å²) in [5.74, 6) is -2.04. The Hall–Kier alpha value is -3.25. The normalized spacial score (nSPS) is 17.9. The molecule has 0 saturated heterocycles. The van der Waals surface area contributed by atoms with Crippen molar-refractivity contribution in [2.75, 3.05) is 13.7 Å². The zero-order valence-corrected chi connectivity index (χ0v) is 19.5. The maximum Gasteiger partial charge on any atom is 0.166 e. The lowest BCUT2D eigenvalue weighted by Crippen LogP contribution is -2.18. The highest BCUT2D eigenvalue weighted by atomic mass is 19.2. The summed E-state index contributed by atoms with van der Waals surface area (Å²) in [5.41, 5.74) is 1.43. The minimum atomic E-state index is -0.880. The predicted molar refractivity (Wildman–Crippen MR) is 130 cm³/mol. The molecule has 6 heteroatoms. The predicted octanol–water partition coefficient (Wildman–Crippen LogP) is 7.40. The van der Waals surface area contributed by atoms with Gasteiger partial charge in [-0.3, -0.25) is 0 Å². The smallest absolute Gasteiger partial charge is 0.166 e. The van der Waals surface area contributed by atoms with Gasteiger partial charge in [-0.2, -0.15) is 0 Å². The van der Waals surface area contributed by atoms with Gasteiger partial charge in [-0.1, -0.05) is 37.4 Å². The van der Waals surface area contributed by atoms with Crippen molar-refractivity contribution in [3.8, 4) is 16.9 Å². The standard InChI is InChI=1S/C26H27F3O3.C2H4/c1-16(14-24(27)17(2)31-3)15-32-21-10-6-19(7-11-21)23-13-12-22(25(28)26(23)29)18-4-8-20(30)9-5-18;1-2/h6-7,10-14,18,20,30H,1-2,4-5,8-9,15H2,3H3;1-2H2/b24-14+;. The summed E-state index contributed by atoms with van der Waals surface area (Å²) in [6.45, 7) is 13.2. The first kappa shape index (κ1) is 27.0. The molecule has 0 heterocycles. The van der Waals surface area contributed by atoms with Crippen molar-refractivity contribution in [1.82, 2.24) is 0 Å². The molecule has 1 saturated carbocycles. The van der Waals surface area contributed by atoms with E-state index >= 15 is 0 Å². The van der Waals surface area contributed by atoms with Crippen molar-refractivity contribution in [2.45, 2.75) is 37.7 Å². The van der Waals surface area contributed by atoms with Gasteiger partial charge in [-0.25, -0.2) is 13.2 Å². The van der Waals surface area contributed by atoms with E-state index in [0.29, 0.717) is 48.1 Å². The van der Waals surface area contributed by atoms with Crippen LogP contribution in [0.15, 0.2) is 85.9 Å². The molecule has 1 fully saturated rings. The fourth-order valence-electron chi connectivity index (χ4n) is 3.80. The highest BCUT2D eigenvalue weighted by Gasteiger charge is 2.25. The summed E-state index contributed by atoms with van der Waals surface area (Å²) in [4.78, 5) is 0. The lowest BCUT2D eigenvalue weighted by atomic mass is 9.82. The lowest BCUT2D eigenvalue weighted by molar-refractivity contribution is 0.122. The third-order valence-electron chi connectivity index (χ3n) is 5.68. The van der Waals surface area contributed by atoms with Crippen molar-refractivity contribution in [3.63, 3.8) is 0 Å². The Labute approximate surface area is 199 Å². The minimum absolute atomic E-state index is 0.0392. The van der Waals surface area contributed by atoms with Crippen molar-refractivity contribution < 1.29 is 27.8 Å². The number of hydrogen-bond acceptors (Lipinski definition) is 3. The highest BCUT2D eigenvalue weighted by Crippen LogP contribution is 2.37. The van der Waals surface area contributed by atoms with Gasteiger partial charge in [0, 0.05) is 5.56 Å². The van der Waals surface area contributed by atoms with Crippen LogP contribution in [0.2, 0.25) is 0 Å². The Morgan fingerprint density at radius 1 is 1.00 bits per heavy atom. The van der Waals surface area contributed by atoms with Crippen LogP contribution in [0.1, 0.15) is 37.2 Å². The van der Waals surface area contributed by atoms with Crippen LogP contribution in [0.4, 0.5) is 13.2 Å². The monoisotopic (exact) mass is 472 g/mol. The number of methoxy groups -OCH3 is 1. The van der Waals surface area contributed by atoms with E-state index < -0.39 is 17.5 Å². The fraction of sp³-hybridized carbons (Fsp3) is 0.286. The molecule has 182 valence electrons. The van der Waals surface area contributed by atoms with E-state index in [2.05, 4.69) is 26.3 Å². The summed E-state index contributed by atoms with van der Waals surface area (Å²) in [7, 11) is 1.32. The number of halogens is 3. The zero-order valence-electron chi connectivity index (χ0n) is 19.5. The van der Waals surface area contributed by atoms with Gasteiger partial charge in [0.05, 0.1) is 13.2 Å². The molecule has 0 radical (unpaired) electrons. The van der Waals surface area contributed by atoms with Gasteiger partial charge < -0.3 is 14.6 Å². The SMILES string of the molecule is C=C.C=C(/C=C(/F)C(=C)OC)COc1ccc(-c2ccc(C3CCC(O)CC3)c(F)c2F)cc1. The third kappa shape index (κ3) is 6.87. The van der Waals surface area contributed by atoms with Crippen molar-refractivity contribution in [2.24, 2.45) is 0 Å².